The highest BCUT2D eigenvalue weighted by atomic mass is 16.2. The van der Waals surface area contributed by atoms with Gasteiger partial charge in [0.05, 0.1) is 0 Å². The summed E-state index contributed by atoms with van der Waals surface area (Å²) >= 11 is 0. The van der Waals surface area contributed by atoms with Crippen molar-refractivity contribution in [3.05, 3.63) is 65.7 Å². The molecule has 0 saturated carbocycles. The Kier molecular flexibility index (Phi) is 5.72. The van der Waals surface area contributed by atoms with E-state index in [1.165, 1.54) is 6.92 Å². The van der Waals surface area contributed by atoms with Gasteiger partial charge < -0.3 is 10.6 Å². The largest absolute Gasteiger partial charge is 0.352 e. The fraction of sp³-hybridized carbons (Fsp3) is 0.222. The molecule has 0 heterocycles. The number of hydrogen-bond donors (Lipinski definition) is 2. The summed E-state index contributed by atoms with van der Waals surface area (Å²) < 4.78 is 0. The average Bonchev–Trinajstić information content (AvgIpc) is 2.53. The normalized spacial score (nSPS) is 10.0. The van der Waals surface area contributed by atoms with Gasteiger partial charge in [-0.3, -0.25) is 9.59 Å². The van der Waals surface area contributed by atoms with Gasteiger partial charge in [-0.2, -0.15) is 0 Å². The molecule has 4 heteroatoms. The molecule has 0 saturated heterocycles. The smallest absolute Gasteiger partial charge is 0.224 e. The quantitative estimate of drug-likeness (QED) is 0.861. The first-order valence-corrected chi connectivity index (χ1v) is 7.31. The minimum absolute atomic E-state index is 0.0286. The minimum Gasteiger partial charge on any atom is -0.352 e. The van der Waals surface area contributed by atoms with E-state index in [2.05, 4.69) is 10.6 Å². The molecule has 2 aromatic carbocycles. The SMILES string of the molecule is CC(=O)NCc1ccccc1NC(=O)CCc1ccccc1. The molecule has 0 bridgehead atoms. The van der Waals surface area contributed by atoms with E-state index in [4.69, 9.17) is 0 Å². The molecule has 2 amide bonds. The van der Waals surface area contributed by atoms with Crippen LogP contribution < -0.4 is 10.6 Å². The molecular formula is C18H20N2O2. The van der Waals surface area contributed by atoms with Gasteiger partial charge in [-0.1, -0.05) is 48.5 Å². The number of anilines is 1. The number of carbonyl (C=O) groups is 2. The van der Waals surface area contributed by atoms with Crippen molar-refractivity contribution < 1.29 is 9.59 Å². The Hall–Kier alpha value is -2.62. The standard InChI is InChI=1S/C18H20N2O2/c1-14(21)19-13-16-9-5-6-10-17(16)20-18(22)12-11-15-7-3-2-4-8-15/h2-10H,11-13H2,1H3,(H,19,21)(H,20,22). The zero-order valence-corrected chi connectivity index (χ0v) is 12.6. The highest BCUT2D eigenvalue weighted by molar-refractivity contribution is 5.91. The lowest BCUT2D eigenvalue weighted by atomic mass is 10.1. The molecule has 2 rings (SSSR count). The molecule has 2 aromatic rings. The van der Waals surface area contributed by atoms with E-state index >= 15 is 0 Å². The van der Waals surface area contributed by atoms with E-state index in [0.29, 0.717) is 19.4 Å². The molecule has 0 aliphatic carbocycles. The molecule has 0 radical (unpaired) electrons. The van der Waals surface area contributed by atoms with Crippen LogP contribution in [0.5, 0.6) is 0 Å². The average molecular weight is 296 g/mol. The van der Waals surface area contributed by atoms with Crippen LogP contribution >= 0.6 is 0 Å². The second kappa shape index (κ2) is 7.98. The number of amides is 2. The number of rotatable bonds is 6. The van der Waals surface area contributed by atoms with Gasteiger partial charge in [0.1, 0.15) is 0 Å². The summed E-state index contributed by atoms with van der Waals surface area (Å²) in [4.78, 5) is 23.1. The molecule has 0 fully saturated rings. The number of carbonyl (C=O) groups excluding carboxylic acids is 2. The van der Waals surface area contributed by atoms with Crippen LogP contribution in [0.15, 0.2) is 54.6 Å². The highest BCUT2D eigenvalue weighted by Crippen LogP contribution is 2.15. The van der Waals surface area contributed by atoms with Crippen molar-refractivity contribution in [2.24, 2.45) is 0 Å². The van der Waals surface area contributed by atoms with Gasteiger partial charge in [-0.25, -0.2) is 0 Å². The predicted octanol–water partition coefficient (Wildman–Crippen LogP) is 2.89. The van der Waals surface area contributed by atoms with E-state index in [1.807, 2.05) is 54.6 Å². The zero-order chi connectivity index (χ0) is 15.8. The van der Waals surface area contributed by atoms with Gasteiger partial charge in [0.25, 0.3) is 0 Å². The Balaban J connectivity index is 1.92. The molecular weight excluding hydrogens is 276 g/mol. The Morgan fingerprint density at radius 3 is 2.36 bits per heavy atom. The van der Waals surface area contributed by atoms with Crippen LogP contribution in [0.25, 0.3) is 0 Å². The first-order chi connectivity index (χ1) is 10.6. The van der Waals surface area contributed by atoms with Crippen molar-refractivity contribution in [1.82, 2.24) is 5.32 Å². The van der Waals surface area contributed by atoms with Crippen LogP contribution in [-0.4, -0.2) is 11.8 Å². The molecule has 0 aromatic heterocycles. The monoisotopic (exact) mass is 296 g/mol. The molecule has 0 aliphatic heterocycles. The van der Waals surface area contributed by atoms with Crippen LogP contribution in [0.3, 0.4) is 0 Å². The minimum atomic E-state index is -0.0924. The van der Waals surface area contributed by atoms with Crippen LogP contribution in [-0.2, 0) is 22.6 Å². The fourth-order valence-corrected chi connectivity index (χ4v) is 2.13. The summed E-state index contributed by atoms with van der Waals surface area (Å²) in [7, 11) is 0. The topological polar surface area (TPSA) is 58.2 Å². The lowest BCUT2D eigenvalue weighted by Gasteiger charge is -2.11. The van der Waals surface area contributed by atoms with Gasteiger partial charge in [0.15, 0.2) is 0 Å². The Labute approximate surface area is 130 Å². The molecule has 2 N–H and O–H groups in total. The summed E-state index contributed by atoms with van der Waals surface area (Å²) in [5.74, 6) is -0.121. The van der Waals surface area contributed by atoms with Crippen molar-refractivity contribution >= 4 is 17.5 Å². The number of aryl methyl sites for hydroxylation is 1. The second-order valence-corrected chi connectivity index (χ2v) is 5.10. The van der Waals surface area contributed by atoms with Crippen molar-refractivity contribution in [1.29, 1.82) is 0 Å². The lowest BCUT2D eigenvalue weighted by Crippen LogP contribution is -2.21. The molecule has 114 valence electrons. The van der Waals surface area contributed by atoms with Crippen molar-refractivity contribution in [3.8, 4) is 0 Å². The van der Waals surface area contributed by atoms with Crippen molar-refractivity contribution in [2.75, 3.05) is 5.32 Å². The van der Waals surface area contributed by atoms with E-state index in [-0.39, 0.29) is 11.8 Å². The third kappa shape index (κ3) is 5.05. The highest BCUT2D eigenvalue weighted by Gasteiger charge is 2.07. The first kappa shape index (κ1) is 15.8. The number of nitrogens with one attached hydrogen (secondary N) is 2. The Morgan fingerprint density at radius 2 is 1.64 bits per heavy atom. The summed E-state index contributed by atoms with van der Waals surface area (Å²) in [6.45, 7) is 1.88. The summed E-state index contributed by atoms with van der Waals surface area (Å²) in [5, 5.41) is 5.66. The molecule has 4 nitrogen and oxygen atoms in total. The van der Waals surface area contributed by atoms with Gasteiger partial charge in [-0.05, 0) is 23.6 Å². The number of benzene rings is 2. The van der Waals surface area contributed by atoms with Crippen LogP contribution in [0.2, 0.25) is 0 Å². The van der Waals surface area contributed by atoms with E-state index in [9.17, 15) is 9.59 Å². The van der Waals surface area contributed by atoms with Crippen molar-refractivity contribution in [2.45, 2.75) is 26.3 Å². The van der Waals surface area contributed by atoms with Crippen LogP contribution in [0, 0.1) is 0 Å². The van der Waals surface area contributed by atoms with Gasteiger partial charge in [0, 0.05) is 25.6 Å². The van der Waals surface area contributed by atoms with E-state index < -0.39 is 0 Å². The third-order valence-electron chi connectivity index (χ3n) is 3.30. The predicted molar refractivity (Wildman–Crippen MR) is 87.4 cm³/mol. The van der Waals surface area contributed by atoms with Crippen LogP contribution in [0.1, 0.15) is 24.5 Å². The third-order valence-corrected chi connectivity index (χ3v) is 3.30. The van der Waals surface area contributed by atoms with E-state index in [0.717, 1.165) is 16.8 Å². The maximum absolute atomic E-state index is 12.1. The molecule has 22 heavy (non-hydrogen) atoms. The second-order valence-electron chi connectivity index (χ2n) is 5.10. The molecule has 0 unspecified atom stereocenters. The molecule has 0 aliphatic rings. The Morgan fingerprint density at radius 1 is 0.955 bits per heavy atom. The van der Waals surface area contributed by atoms with Gasteiger partial charge >= 0.3 is 0 Å². The number of hydrogen-bond acceptors (Lipinski definition) is 2. The summed E-state index contributed by atoms with van der Waals surface area (Å²) in [6.07, 6.45) is 1.14. The zero-order valence-electron chi connectivity index (χ0n) is 12.6. The maximum atomic E-state index is 12.1. The maximum Gasteiger partial charge on any atom is 0.224 e. The van der Waals surface area contributed by atoms with Gasteiger partial charge in [0.2, 0.25) is 11.8 Å². The number of para-hydroxylation sites is 1. The fourth-order valence-electron chi connectivity index (χ4n) is 2.13. The Bertz CT molecular complexity index is 639. The van der Waals surface area contributed by atoms with E-state index in [1.54, 1.807) is 0 Å². The van der Waals surface area contributed by atoms with Gasteiger partial charge in [-0.15, -0.1) is 0 Å². The summed E-state index contributed by atoms with van der Waals surface area (Å²) in [5.41, 5.74) is 2.78. The van der Waals surface area contributed by atoms with Crippen molar-refractivity contribution in [3.63, 3.8) is 0 Å². The van der Waals surface area contributed by atoms with Crippen LogP contribution in [0.4, 0.5) is 5.69 Å². The molecule has 0 atom stereocenters. The first-order valence-electron chi connectivity index (χ1n) is 7.31. The summed E-state index contributed by atoms with van der Waals surface area (Å²) in [6, 6.07) is 17.4. The molecule has 0 spiro atoms. The lowest BCUT2D eigenvalue weighted by molar-refractivity contribution is -0.119.